The molecule has 0 spiro atoms. The van der Waals surface area contributed by atoms with Crippen LogP contribution in [0.2, 0.25) is 0 Å². The molecule has 8 heteroatoms. The Morgan fingerprint density at radius 1 is 1.33 bits per heavy atom. The van der Waals surface area contributed by atoms with Gasteiger partial charge in [0.15, 0.2) is 9.84 Å². The summed E-state index contributed by atoms with van der Waals surface area (Å²) in [5.41, 5.74) is 0. The maximum absolute atomic E-state index is 12.3. The van der Waals surface area contributed by atoms with Gasteiger partial charge in [-0.3, -0.25) is 0 Å². The third-order valence-corrected chi connectivity index (χ3v) is 6.63. The zero-order valence-electron chi connectivity index (χ0n) is 11.8. The fraction of sp³-hybridized carbons (Fsp3) is 0.538. The van der Waals surface area contributed by atoms with Gasteiger partial charge in [-0.2, -0.15) is 0 Å². The molecule has 21 heavy (non-hydrogen) atoms. The van der Waals surface area contributed by atoms with Crippen LogP contribution in [0.3, 0.4) is 0 Å². The normalized spacial score (nSPS) is 21.3. The molecule has 0 aromatic heterocycles. The van der Waals surface area contributed by atoms with Gasteiger partial charge in [-0.25, -0.2) is 21.6 Å². The number of para-hydroxylation sites is 1. The first-order valence-electron chi connectivity index (χ1n) is 6.76. The second-order valence-electron chi connectivity index (χ2n) is 5.00. The Kier molecular flexibility index (Phi) is 4.90. The molecule has 1 aromatic carbocycles. The molecule has 1 aliphatic rings. The molecule has 1 aromatic rings. The predicted octanol–water partition coefficient (Wildman–Crippen LogP) is 0.798. The minimum atomic E-state index is -3.71. The van der Waals surface area contributed by atoms with Gasteiger partial charge in [0.1, 0.15) is 10.6 Å². The Morgan fingerprint density at radius 2 is 2.05 bits per heavy atom. The van der Waals surface area contributed by atoms with Crippen molar-refractivity contribution in [1.29, 1.82) is 0 Å². The molecule has 1 heterocycles. The molecular weight excluding hydrogens is 314 g/mol. The van der Waals surface area contributed by atoms with E-state index in [4.69, 9.17) is 4.74 Å². The Morgan fingerprint density at radius 3 is 2.67 bits per heavy atom. The smallest absolute Gasteiger partial charge is 0.244 e. The van der Waals surface area contributed by atoms with Gasteiger partial charge in [0.25, 0.3) is 0 Å². The van der Waals surface area contributed by atoms with Crippen LogP contribution >= 0.6 is 0 Å². The van der Waals surface area contributed by atoms with Crippen LogP contribution in [-0.2, 0) is 19.9 Å². The minimum Gasteiger partial charge on any atom is -0.492 e. The Labute approximate surface area is 125 Å². The first-order chi connectivity index (χ1) is 9.84. The Hall–Kier alpha value is -1.12. The highest BCUT2D eigenvalue weighted by molar-refractivity contribution is 7.91. The van der Waals surface area contributed by atoms with Crippen LogP contribution in [0.4, 0.5) is 0 Å². The molecule has 118 valence electrons. The summed E-state index contributed by atoms with van der Waals surface area (Å²) in [5.74, 6) is 0.313. The van der Waals surface area contributed by atoms with Gasteiger partial charge in [0.2, 0.25) is 10.0 Å². The highest BCUT2D eigenvalue weighted by Gasteiger charge is 2.29. The predicted molar refractivity (Wildman–Crippen MR) is 79.6 cm³/mol. The summed E-state index contributed by atoms with van der Waals surface area (Å²) < 4.78 is 55.2. The molecule has 1 N–H and O–H groups in total. The van der Waals surface area contributed by atoms with Gasteiger partial charge in [0, 0.05) is 6.54 Å². The van der Waals surface area contributed by atoms with E-state index in [2.05, 4.69) is 4.72 Å². The third kappa shape index (κ3) is 4.18. The highest BCUT2D eigenvalue weighted by atomic mass is 32.2. The molecule has 0 aliphatic carbocycles. The van der Waals surface area contributed by atoms with Crippen molar-refractivity contribution in [3.8, 4) is 5.75 Å². The van der Waals surface area contributed by atoms with Crippen LogP contribution in [0.25, 0.3) is 0 Å². The molecular formula is C13H19NO5S2. The third-order valence-electron chi connectivity index (χ3n) is 3.33. The average molecular weight is 333 g/mol. The number of benzene rings is 1. The summed E-state index contributed by atoms with van der Waals surface area (Å²) in [4.78, 5) is 0.0766. The number of hydrogen-bond acceptors (Lipinski definition) is 5. The summed E-state index contributed by atoms with van der Waals surface area (Å²) in [7, 11) is -6.71. The van der Waals surface area contributed by atoms with Crippen LogP contribution in [0, 0.1) is 5.92 Å². The second kappa shape index (κ2) is 6.33. The molecule has 1 atom stereocenters. The lowest BCUT2D eigenvalue weighted by molar-refractivity contribution is 0.331. The lowest BCUT2D eigenvalue weighted by atomic mass is 10.1. The lowest BCUT2D eigenvalue weighted by Crippen LogP contribution is -2.30. The van der Waals surface area contributed by atoms with Gasteiger partial charge in [-0.05, 0) is 31.4 Å². The maximum Gasteiger partial charge on any atom is 0.244 e. The van der Waals surface area contributed by atoms with Crippen molar-refractivity contribution in [1.82, 2.24) is 4.72 Å². The monoisotopic (exact) mass is 333 g/mol. The number of nitrogens with one attached hydrogen (secondary N) is 1. The van der Waals surface area contributed by atoms with Crippen molar-refractivity contribution >= 4 is 19.9 Å². The van der Waals surface area contributed by atoms with E-state index in [1.54, 1.807) is 25.1 Å². The van der Waals surface area contributed by atoms with Gasteiger partial charge in [-0.1, -0.05) is 12.1 Å². The fourth-order valence-corrected chi connectivity index (χ4v) is 5.41. The largest absolute Gasteiger partial charge is 0.492 e. The summed E-state index contributed by atoms with van der Waals surface area (Å²) in [6.07, 6.45) is 0.498. The SMILES string of the molecule is CCOc1ccccc1S(=O)(=O)NC[C@H]1CCS(=O)(=O)C1. The molecule has 6 nitrogen and oxygen atoms in total. The van der Waals surface area contributed by atoms with Gasteiger partial charge >= 0.3 is 0 Å². The molecule has 0 saturated carbocycles. The van der Waals surface area contributed by atoms with Crippen molar-refractivity contribution in [3.63, 3.8) is 0 Å². The topological polar surface area (TPSA) is 89.5 Å². The zero-order chi connectivity index (χ0) is 15.5. The van der Waals surface area contributed by atoms with E-state index in [0.717, 1.165) is 0 Å². The van der Waals surface area contributed by atoms with Crippen molar-refractivity contribution < 1.29 is 21.6 Å². The molecule has 0 bridgehead atoms. The fourth-order valence-electron chi connectivity index (χ4n) is 2.29. The van der Waals surface area contributed by atoms with Crippen LogP contribution in [-0.4, -0.2) is 41.5 Å². The van der Waals surface area contributed by atoms with Gasteiger partial charge in [0.05, 0.1) is 18.1 Å². The lowest BCUT2D eigenvalue weighted by Gasteiger charge is -2.13. The molecule has 1 aliphatic heterocycles. The first-order valence-corrected chi connectivity index (χ1v) is 10.1. The van der Waals surface area contributed by atoms with E-state index in [0.29, 0.717) is 18.8 Å². The number of ether oxygens (including phenoxy) is 1. The average Bonchev–Trinajstić information content (AvgIpc) is 2.77. The molecule has 0 unspecified atom stereocenters. The summed E-state index contributed by atoms with van der Waals surface area (Å²) in [5, 5.41) is 0. The summed E-state index contributed by atoms with van der Waals surface area (Å²) in [6.45, 7) is 2.27. The zero-order valence-corrected chi connectivity index (χ0v) is 13.4. The van der Waals surface area contributed by atoms with Crippen LogP contribution in [0.15, 0.2) is 29.2 Å². The Bertz CT molecular complexity index is 697. The molecule has 1 saturated heterocycles. The molecule has 2 rings (SSSR count). The van der Waals surface area contributed by atoms with Gasteiger partial charge in [-0.15, -0.1) is 0 Å². The van der Waals surface area contributed by atoms with Gasteiger partial charge < -0.3 is 4.74 Å². The number of sulfone groups is 1. The maximum atomic E-state index is 12.3. The number of sulfonamides is 1. The van der Waals surface area contributed by atoms with Crippen LogP contribution in [0.1, 0.15) is 13.3 Å². The molecule has 0 radical (unpaired) electrons. The van der Waals surface area contributed by atoms with Crippen LogP contribution in [0.5, 0.6) is 5.75 Å². The number of rotatable bonds is 6. The highest BCUT2D eigenvalue weighted by Crippen LogP contribution is 2.24. The summed E-state index contributed by atoms with van der Waals surface area (Å²) in [6, 6.07) is 6.39. The van der Waals surface area contributed by atoms with E-state index in [1.807, 2.05) is 0 Å². The standard InChI is InChI=1S/C13H19NO5S2/c1-2-19-12-5-3-4-6-13(12)21(17,18)14-9-11-7-8-20(15,16)10-11/h3-6,11,14H,2,7-10H2,1H3/t11-/m1/s1. The minimum absolute atomic E-state index is 0.0443. The van der Waals surface area contributed by atoms with E-state index in [9.17, 15) is 16.8 Å². The second-order valence-corrected chi connectivity index (χ2v) is 8.96. The van der Waals surface area contributed by atoms with E-state index in [-0.39, 0.29) is 28.9 Å². The molecule has 1 fully saturated rings. The van der Waals surface area contributed by atoms with Crippen molar-refractivity contribution in [2.24, 2.45) is 5.92 Å². The van der Waals surface area contributed by atoms with Crippen molar-refractivity contribution in [2.45, 2.75) is 18.2 Å². The first kappa shape index (κ1) is 16.3. The van der Waals surface area contributed by atoms with E-state index < -0.39 is 19.9 Å². The van der Waals surface area contributed by atoms with E-state index in [1.165, 1.54) is 6.07 Å². The van der Waals surface area contributed by atoms with Crippen molar-refractivity contribution in [3.05, 3.63) is 24.3 Å². The quantitative estimate of drug-likeness (QED) is 0.831. The molecule has 0 amide bonds. The number of hydrogen-bond donors (Lipinski definition) is 1. The summed E-state index contributed by atoms with van der Waals surface area (Å²) >= 11 is 0. The van der Waals surface area contributed by atoms with Crippen LogP contribution < -0.4 is 9.46 Å². The van der Waals surface area contributed by atoms with E-state index >= 15 is 0 Å². The van der Waals surface area contributed by atoms with Crippen molar-refractivity contribution in [2.75, 3.05) is 24.7 Å². The Balaban J connectivity index is 2.09.